The number of methoxy groups -OCH3 is 1. The van der Waals surface area contributed by atoms with Gasteiger partial charge in [0.05, 0.1) is 6.61 Å². The SMILES string of the molecule is COCC1CCCN(CC2(C=O)CCCC2)C1. The molecule has 98 valence electrons. The Bertz CT molecular complexity index is 247. The molecule has 0 bridgehead atoms. The zero-order chi connectivity index (χ0) is 12.1. The molecule has 0 N–H and O–H groups in total. The van der Waals surface area contributed by atoms with Crippen LogP contribution in [0.15, 0.2) is 0 Å². The minimum Gasteiger partial charge on any atom is -0.384 e. The Kier molecular flexibility index (Phi) is 4.57. The van der Waals surface area contributed by atoms with Crippen molar-refractivity contribution < 1.29 is 9.53 Å². The lowest BCUT2D eigenvalue weighted by Gasteiger charge is -2.37. The standard InChI is InChI=1S/C14H25NO2/c1-17-10-13-5-4-8-15(9-13)11-14(12-16)6-2-3-7-14/h12-13H,2-11H2,1H3. The van der Waals surface area contributed by atoms with E-state index in [-0.39, 0.29) is 5.41 Å². The van der Waals surface area contributed by atoms with Crippen molar-refractivity contribution in [2.45, 2.75) is 38.5 Å². The van der Waals surface area contributed by atoms with Crippen LogP contribution in [-0.4, -0.2) is 44.5 Å². The van der Waals surface area contributed by atoms with Gasteiger partial charge in [0.1, 0.15) is 6.29 Å². The normalized spacial score (nSPS) is 29.4. The van der Waals surface area contributed by atoms with Gasteiger partial charge in [0, 0.05) is 25.6 Å². The van der Waals surface area contributed by atoms with Crippen molar-refractivity contribution in [3.63, 3.8) is 0 Å². The highest BCUT2D eigenvalue weighted by Gasteiger charge is 2.36. The Morgan fingerprint density at radius 2 is 2.12 bits per heavy atom. The molecule has 2 aliphatic rings. The van der Waals surface area contributed by atoms with Crippen LogP contribution in [0, 0.1) is 11.3 Å². The van der Waals surface area contributed by atoms with Gasteiger partial charge in [-0.1, -0.05) is 12.8 Å². The number of likely N-dealkylation sites (tertiary alicyclic amines) is 1. The molecule has 0 aromatic rings. The Morgan fingerprint density at radius 1 is 1.35 bits per heavy atom. The lowest BCUT2D eigenvalue weighted by Crippen LogP contribution is -2.43. The average molecular weight is 239 g/mol. The van der Waals surface area contributed by atoms with Gasteiger partial charge >= 0.3 is 0 Å². The highest BCUT2D eigenvalue weighted by Crippen LogP contribution is 2.37. The fourth-order valence-electron chi connectivity index (χ4n) is 3.50. The third-order valence-electron chi connectivity index (χ3n) is 4.39. The molecule has 1 aliphatic heterocycles. The van der Waals surface area contributed by atoms with E-state index in [4.69, 9.17) is 4.74 Å². The van der Waals surface area contributed by atoms with E-state index in [1.165, 1.54) is 32.0 Å². The summed E-state index contributed by atoms with van der Waals surface area (Å²) in [5, 5.41) is 0. The van der Waals surface area contributed by atoms with Crippen LogP contribution >= 0.6 is 0 Å². The summed E-state index contributed by atoms with van der Waals surface area (Å²) in [5.41, 5.74) is -0.0189. The number of aldehydes is 1. The fourth-order valence-corrected chi connectivity index (χ4v) is 3.50. The first kappa shape index (κ1) is 13.0. The molecule has 3 nitrogen and oxygen atoms in total. The minimum atomic E-state index is -0.0189. The highest BCUT2D eigenvalue weighted by molar-refractivity contribution is 5.60. The molecule has 1 unspecified atom stereocenters. The predicted octanol–water partition coefficient (Wildman–Crippen LogP) is 2.10. The van der Waals surface area contributed by atoms with Crippen molar-refractivity contribution in [1.82, 2.24) is 4.90 Å². The van der Waals surface area contributed by atoms with E-state index in [2.05, 4.69) is 4.90 Å². The molecule has 1 heterocycles. The van der Waals surface area contributed by atoms with E-state index < -0.39 is 0 Å². The van der Waals surface area contributed by atoms with Gasteiger partial charge < -0.3 is 14.4 Å². The number of rotatable bonds is 5. The molecule has 1 aliphatic carbocycles. The summed E-state index contributed by atoms with van der Waals surface area (Å²) in [6.45, 7) is 4.13. The van der Waals surface area contributed by atoms with Crippen molar-refractivity contribution in [1.29, 1.82) is 0 Å². The maximum Gasteiger partial charge on any atom is 0.127 e. The molecule has 2 fully saturated rings. The minimum absolute atomic E-state index is 0.0189. The number of carbonyl (C=O) groups excluding carboxylic acids is 1. The van der Waals surface area contributed by atoms with Crippen molar-refractivity contribution in [2.75, 3.05) is 33.4 Å². The van der Waals surface area contributed by atoms with Crippen molar-refractivity contribution in [3.05, 3.63) is 0 Å². The Morgan fingerprint density at radius 3 is 2.76 bits per heavy atom. The lowest BCUT2D eigenvalue weighted by molar-refractivity contribution is -0.117. The summed E-state index contributed by atoms with van der Waals surface area (Å²) in [4.78, 5) is 13.9. The van der Waals surface area contributed by atoms with Crippen LogP contribution < -0.4 is 0 Å². The summed E-state index contributed by atoms with van der Waals surface area (Å²) in [7, 11) is 1.78. The van der Waals surface area contributed by atoms with Gasteiger partial charge in [0.15, 0.2) is 0 Å². The number of ether oxygens (including phenoxy) is 1. The van der Waals surface area contributed by atoms with E-state index >= 15 is 0 Å². The summed E-state index contributed by atoms with van der Waals surface area (Å²) in [6.07, 6.45) is 8.42. The quantitative estimate of drug-likeness (QED) is 0.688. The molecule has 0 spiro atoms. The zero-order valence-electron chi connectivity index (χ0n) is 11.0. The van der Waals surface area contributed by atoms with Gasteiger partial charge in [-0.3, -0.25) is 0 Å². The molecule has 0 amide bonds. The molecular weight excluding hydrogens is 214 g/mol. The number of carbonyl (C=O) groups is 1. The second kappa shape index (κ2) is 5.96. The second-order valence-corrected chi connectivity index (χ2v) is 5.89. The van der Waals surface area contributed by atoms with Gasteiger partial charge in [-0.15, -0.1) is 0 Å². The maximum absolute atomic E-state index is 11.4. The van der Waals surface area contributed by atoms with Crippen molar-refractivity contribution >= 4 is 6.29 Å². The molecule has 0 radical (unpaired) electrons. The number of hydrogen-bond donors (Lipinski definition) is 0. The van der Waals surface area contributed by atoms with Gasteiger partial charge in [-0.05, 0) is 38.1 Å². The van der Waals surface area contributed by atoms with Crippen LogP contribution in [0.5, 0.6) is 0 Å². The Hall–Kier alpha value is -0.410. The van der Waals surface area contributed by atoms with E-state index in [0.717, 1.165) is 39.1 Å². The van der Waals surface area contributed by atoms with E-state index in [0.29, 0.717) is 5.92 Å². The largest absolute Gasteiger partial charge is 0.384 e. The number of nitrogens with zero attached hydrogens (tertiary/aromatic N) is 1. The van der Waals surface area contributed by atoms with Crippen molar-refractivity contribution in [3.8, 4) is 0 Å². The van der Waals surface area contributed by atoms with E-state index in [1.807, 2.05) is 0 Å². The smallest absolute Gasteiger partial charge is 0.127 e. The van der Waals surface area contributed by atoms with Gasteiger partial charge in [-0.25, -0.2) is 0 Å². The predicted molar refractivity (Wildman–Crippen MR) is 68.0 cm³/mol. The van der Waals surface area contributed by atoms with Crippen LogP contribution in [0.4, 0.5) is 0 Å². The second-order valence-electron chi connectivity index (χ2n) is 5.89. The molecule has 1 saturated heterocycles. The molecule has 2 rings (SSSR count). The zero-order valence-corrected chi connectivity index (χ0v) is 11.0. The first-order valence-electron chi connectivity index (χ1n) is 6.96. The first-order chi connectivity index (χ1) is 8.28. The highest BCUT2D eigenvalue weighted by atomic mass is 16.5. The molecule has 1 saturated carbocycles. The number of hydrogen-bond acceptors (Lipinski definition) is 3. The maximum atomic E-state index is 11.4. The molecule has 0 aromatic heterocycles. The van der Waals surface area contributed by atoms with Crippen LogP contribution in [-0.2, 0) is 9.53 Å². The fraction of sp³-hybridized carbons (Fsp3) is 0.929. The monoisotopic (exact) mass is 239 g/mol. The third kappa shape index (κ3) is 3.29. The molecule has 3 heteroatoms. The third-order valence-corrected chi connectivity index (χ3v) is 4.39. The Balaban J connectivity index is 1.87. The molecular formula is C14H25NO2. The summed E-state index contributed by atoms with van der Waals surface area (Å²) >= 11 is 0. The Labute approximate surface area is 105 Å². The van der Waals surface area contributed by atoms with Crippen LogP contribution in [0.25, 0.3) is 0 Å². The average Bonchev–Trinajstić information content (AvgIpc) is 2.79. The number of piperidine rings is 1. The van der Waals surface area contributed by atoms with Crippen molar-refractivity contribution in [2.24, 2.45) is 11.3 Å². The van der Waals surface area contributed by atoms with Gasteiger partial charge in [0.2, 0.25) is 0 Å². The summed E-state index contributed by atoms with van der Waals surface area (Å²) in [6, 6.07) is 0. The van der Waals surface area contributed by atoms with Crippen LogP contribution in [0.2, 0.25) is 0 Å². The van der Waals surface area contributed by atoms with Gasteiger partial charge in [-0.2, -0.15) is 0 Å². The lowest BCUT2D eigenvalue weighted by atomic mass is 9.86. The molecule has 17 heavy (non-hydrogen) atoms. The summed E-state index contributed by atoms with van der Waals surface area (Å²) in [5.74, 6) is 0.666. The van der Waals surface area contributed by atoms with E-state index in [1.54, 1.807) is 7.11 Å². The van der Waals surface area contributed by atoms with E-state index in [9.17, 15) is 4.79 Å². The summed E-state index contributed by atoms with van der Waals surface area (Å²) < 4.78 is 5.25. The molecule has 0 aromatic carbocycles. The van der Waals surface area contributed by atoms with Gasteiger partial charge in [0.25, 0.3) is 0 Å². The first-order valence-corrected chi connectivity index (χ1v) is 6.96. The topological polar surface area (TPSA) is 29.5 Å². The van der Waals surface area contributed by atoms with Crippen LogP contribution in [0.3, 0.4) is 0 Å². The molecule has 1 atom stereocenters. The van der Waals surface area contributed by atoms with Crippen LogP contribution in [0.1, 0.15) is 38.5 Å².